The van der Waals surface area contributed by atoms with Crippen LogP contribution in [0.2, 0.25) is 5.02 Å². The molecule has 0 aromatic heterocycles. The van der Waals surface area contributed by atoms with Crippen LogP contribution in [0.4, 0.5) is 4.79 Å². The maximum Gasteiger partial charge on any atom is 0.420 e. The van der Waals surface area contributed by atoms with Gasteiger partial charge in [0, 0.05) is 13.0 Å². The highest BCUT2D eigenvalue weighted by molar-refractivity contribution is 6.33. The van der Waals surface area contributed by atoms with Crippen molar-refractivity contribution >= 4 is 29.6 Å². The first-order valence-corrected chi connectivity index (χ1v) is 10.4. The van der Waals surface area contributed by atoms with E-state index >= 15 is 0 Å². The molecule has 0 spiro atoms. The van der Waals surface area contributed by atoms with E-state index in [-0.39, 0.29) is 29.4 Å². The number of rotatable bonds is 10. The van der Waals surface area contributed by atoms with Gasteiger partial charge in [-0.3, -0.25) is 9.64 Å². The summed E-state index contributed by atoms with van der Waals surface area (Å²) in [5.74, 6) is -1.50. The Kier molecular flexibility index (Phi) is 9.51. The molecule has 0 radical (unpaired) electrons. The van der Waals surface area contributed by atoms with E-state index < -0.39 is 24.0 Å². The molecule has 1 atom stereocenters. The Morgan fingerprint density at radius 1 is 1.19 bits per heavy atom. The summed E-state index contributed by atoms with van der Waals surface area (Å²) in [6.07, 6.45) is 1.06. The van der Waals surface area contributed by atoms with Crippen LogP contribution >= 0.6 is 11.6 Å². The molecular formula is C23H24ClN3O5. The molecule has 0 aliphatic rings. The van der Waals surface area contributed by atoms with E-state index in [2.05, 4.69) is 10.2 Å². The molecule has 2 aromatic rings. The summed E-state index contributed by atoms with van der Waals surface area (Å²) in [6, 6.07) is 11.5. The van der Waals surface area contributed by atoms with Crippen LogP contribution in [0.5, 0.6) is 5.75 Å². The highest BCUT2D eigenvalue weighted by Crippen LogP contribution is 2.17. The van der Waals surface area contributed by atoms with Crippen LogP contribution in [0, 0.1) is 6.57 Å². The summed E-state index contributed by atoms with van der Waals surface area (Å²) in [6.45, 7) is 9.31. The van der Waals surface area contributed by atoms with Gasteiger partial charge in [0.1, 0.15) is 11.8 Å². The first kappa shape index (κ1) is 24.7. The van der Waals surface area contributed by atoms with Crippen molar-refractivity contribution in [2.24, 2.45) is 0 Å². The van der Waals surface area contributed by atoms with E-state index in [4.69, 9.17) is 22.9 Å². The Morgan fingerprint density at radius 2 is 1.88 bits per heavy atom. The number of carbonyl (C=O) groups excluding carboxylic acids is 2. The number of unbranched alkanes of at least 4 members (excludes halogenated alkanes) is 1. The van der Waals surface area contributed by atoms with Gasteiger partial charge < -0.3 is 15.2 Å². The lowest BCUT2D eigenvalue weighted by Crippen LogP contribution is -2.42. The Bertz CT molecular complexity index is 988. The third kappa shape index (κ3) is 7.29. The second kappa shape index (κ2) is 12.3. The van der Waals surface area contributed by atoms with Crippen LogP contribution in [-0.2, 0) is 11.2 Å². The van der Waals surface area contributed by atoms with Crippen molar-refractivity contribution in [3.8, 4) is 5.75 Å². The van der Waals surface area contributed by atoms with Crippen molar-refractivity contribution in [2.75, 3.05) is 13.2 Å². The minimum absolute atomic E-state index is 0.0279. The van der Waals surface area contributed by atoms with Crippen LogP contribution in [0.15, 0.2) is 48.5 Å². The van der Waals surface area contributed by atoms with Gasteiger partial charge in [-0.05, 0) is 36.2 Å². The minimum Gasteiger partial charge on any atom is -0.480 e. The summed E-state index contributed by atoms with van der Waals surface area (Å²) < 4.78 is 5.31. The Morgan fingerprint density at radius 3 is 2.47 bits per heavy atom. The number of carboxylic acid groups (broad SMARTS) is 1. The Labute approximate surface area is 191 Å². The fourth-order valence-corrected chi connectivity index (χ4v) is 3.05. The van der Waals surface area contributed by atoms with Crippen molar-refractivity contribution in [1.29, 1.82) is 0 Å². The van der Waals surface area contributed by atoms with Crippen molar-refractivity contribution in [3.63, 3.8) is 0 Å². The molecule has 0 fully saturated rings. The molecule has 1 unspecified atom stereocenters. The molecule has 0 bridgehead atoms. The zero-order chi connectivity index (χ0) is 23.5. The zero-order valence-corrected chi connectivity index (χ0v) is 18.3. The zero-order valence-electron chi connectivity index (χ0n) is 17.6. The summed E-state index contributed by atoms with van der Waals surface area (Å²) >= 11 is 6.00. The molecule has 0 saturated carbocycles. The van der Waals surface area contributed by atoms with Gasteiger partial charge >= 0.3 is 12.1 Å². The number of ether oxygens (including phenoxy) is 1. The van der Waals surface area contributed by atoms with Gasteiger partial charge in [0.2, 0.25) is 0 Å². The molecule has 0 heterocycles. The number of carbonyl (C=O) groups is 3. The van der Waals surface area contributed by atoms with Gasteiger partial charge in [-0.1, -0.05) is 49.2 Å². The summed E-state index contributed by atoms with van der Waals surface area (Å²) in [7, 11) is 0. The number of hydrogen-bond donors (Lipinski definition) is 2. The molecule has 2 aromatic carbocycles. The Hall–Kier alpha value is -3.57. The van der Waals surface area contributed by atoms with Crippen LogP contribution in [0.25, 0.3) is 4.85 Å². The average Bonchev–Trinajstić information content (AvgIpc) is 2.77. The van der Waals surface area contributed by atoms with E-state index in [1.807, 2.05) is 6.92 Å². The number of hydrogen-bond acceptors (Lipinski definition) is 4. The summed E-state index contributed by atoms with van der Waals surface area (Å²) in [5.41, 5.74) is 0.815. The van der Waals surface area contributed by atoms with Crippen molar-refractivity contribution in [1.82, 2.24) is 10.2 Å². The molecule has 2 rings (SSSR count). The summed E-state index contributed by atoms with van der Waals surface area (Å²) in [5, 5.41) is 12.2. The lowest BCUT2D eigenvalue weighted by Gasteiger charge is -2.17. The second-order valence-corrected chi connectivity index (χ2v) is 7.38. The highest BCUT2D eigenvalue weighted by Gasteiger charge is 2.22. The molecule has 8 nitrogen and oxygen atoms in total. The second-order valence-electron chi connectivity index (χ2n) is 6.98. The first-order valence-electron chi connectivity index (χ1n) is 10.0. The highest BCUT2D eigenvalue weighted by atomic mass is 35.5. The lowest BCUT2D eigenvalue weighted by molar-refractivity contribution is -0.139. The predicted molar refractivity (Wildman–Crippen MR) is 120 cm³/mol. The number of benzene rings is 2. The number of amides is 2. The van der Waals surface area contributed by atoms with Crippen LogP contribution < -0.4 is 10.1 Å². The van der Waals surface area contributed by atoms with Crippen LogP contribution in [0.1, 0.15) is 35.7 Å². The topological polar surface area (TPSA) is 100 Å². The predicted octanol–water partition coefficient (Wildman–Crippen LogP) is 4.24. The SMILES string of the molecule is [C-]#[N+]CN(CCCC)C(=O)Oc1ccc(CC(NC(=O)c2ccccc2Cl)C(=O)O)cc1. The Balaban J connectivity index is 2.02. The molecule has 0 aliphatic heterocycles. The maximum atomic E-state index is 12.4. The van der Waals surface area contributed by atoms with Crippen LogP contribution in [0.3, 0.4) is 0 Å². The average molecular weight is 458 g/mol. The number of aliphatic carboxylic acids is 1. The standard InChI is InChI=1S/C23H24ClN3O5/c1-3-4-13-27(15-25-2)23(31)32-17-11-9-16(10-12-17)14-20(22(29)30)26-21(28)18-7-5-6-8-19(18)24/h5-12,20H,3-4,13-15H2,1H3,(H,26,28)(H,29,30). The lowest BCUT2D eigenvalue weighted by atomic mass is 10.1. The molecule has 0 saturated heterocycles. The van der Waals surface area contributed by atoms with E-state index in [0.717, 1.165) is 12.8 Å². The fraction of sp³-hybridized carbons (Fsp3) is 0.304. The number of carboxylic acids is 1. The monoisotopic (exact) mass is 457 g/mol. The normalized spacial score (nSPS) is 11.2. The van der Waals surface area contributed by atoms with Crippen molar-refractivity contribution < 1.29 is 24.2 Å². The fourth-order valence-electron chi connectivity index (χ4n) is 2.83. The molecule has 32 heavy (non-hydrogen) atoms. The smallest absolute Gasteiger partial charge is 0.420 e. The molecule has 2 amide bonds. The van der Waals surface area contributed by atoms with Gasteiger partial charge in [-0.2, -0.15) is 0 Å². The van der Waals surface area contributed by atoms with Gasteiger partial charge in [0.05, 0.1) is 10.6 Å². The minimum atomic E-state index is -1.19. The molecular weight excluding hydrogens is 434 g/mol. The van der Waals surface area contributed by atoms with Gasteiger partial charge in [-0.25, -0.2) is 21.1 Å². The first-order chi connectivity index (χ1) is 15.3. The molecule has 168 valence electrons. The largest absolute Gasteiger partial charge is 0.480 e. The van der Waals surface area contributed by atoms with Crippen molar-refractivity contribution in [3.05, 3.63) is 76.1 Å². The van der Waals surface area contributed by atoms with E-state index in [9.17, 15) is 19.5 Å². The molecule has 9 heteroatoms. The van der Waals surface area contributed by atoms with Gasteiger partial charge in [0.25, 0.3) is 12.6 Å². The number of halogens is 1. The number of nitrogens with zero attached hydrogens (tertiary/aromatic N) is 2. The van der Waals surface area contributed by atoms with Gasteiger partial charge in [-0.15, -0.1) is 0 Å². The van der Waals surface area contributed by atoms with E-state index in [1.165, 1.54) is 23.1 Å². The van der Waals surface area contributed by atoms with Crippen LogP contribution in [-0.4, -0.2) is 47.2 Å². The molecule has 0 aliphatic carbocycles. The van der Waals surface area contributed by atoms with Gasteiger partial charge in [0.15, 0.2) is 0 Å². The van der Waals surface area contributed by atoms with E-state index in [0.29, 0.717) is 12.1 Å². The third-order valence-corrected chi connectivity index (χ3v) is 4.90. The van der Waals surface area contributed by atoms with E-state index in [1.54, 1.807) is 30.3 Å². The van der Waals surface area contributed by atoms with Crippen molar-refractivity contribution in [2.45, 2.75) is 32.2 Å². The summed E-state index contributed by atoms with van der Waals surface area (Å²) in [4.78, 5) is 40.9. The quantitative estimate of drug-likeness (QED) is 0.519. The number of nitrogens with one attached hydrogen (secondary N) is 1. The third-order valence-electron chi connectivity index (χ3n) is 4.57. The maximum absolute atomic E-state index is 12.4. The molecule has 2 N–H and O–H groups in total.